The fourth-order valence-electron chi connectivity index (χ4n) is 2.12. The van der Waals surface area contributed by atoms with Gasteiger partial charge in [-0.3, -0.25) is 4.79 Å². The number of aryl methyl sites for hydroxylation is 2. The van der Waals surface area contributed by atoms with Gasteiger partial charge in [0, 0.05) is 12.0 Å². The Hall–Kier alpha value is -2.35. The lowest BCUT2D eigenvalue weighted by molar-refractivity contribution is -0.143. The van der Waals surface area contributed by atoms with Crippen LogP contribution in [0, 0.1) is 25.2 Å². The molecule has 1 rings (SSSR count). The first kappa shape index (κ1) is 16.7. The fraction of sp³-hybridized carbons (Fsp3) is 0.438. The Balaban J connectivity index is 2.79. The molecule has 0 heterocycles. The van der Waals surface area contributed by atoms with Crippen molar-refractivity contribution in [3.05, 3.63) is 34.9 Å². The molecule has 1 aromatic carbocycles. The highest BCUT2D eigenvalue weighted by Crippen LogP contribution is 2.10. The molecule has 0 saturated carbocycles. The van der Waals surface area contributed by atoms with Crippen LogP contribution >= 0.6 is 0 Å². The van der Waals surface area contributed by atoms with Gasteiger partial charge in [0.15, 0.2) is 0 Å². The van der Waals surface area contributed by atoms with Crippen molar-refractivity contribution in [2.45, 2.75) is 39.2 Å². The van der Waals surface area contributed by atoms with Crippen molar-refractivity contribution in [2.24, 2.45) is 0 Å². The number of carbonyl (C=O) groups is 2. The molecule has 0 aliphatic carbocycles. The van der Waals surface area contributed by atoms with Crippen LogP contribution in [0.1, 0.15) is 40.7 Å². The van der Waals surface area contributed by atoms with Crippen molar-refractivity contribution < 1.29 is 14.3 Å². The van der Waals surface area contributed by atoms with E-state index in [9.17, 15) is 9.59 Å². The van der Waals surface area contributed by atoms with E-state index in [1.165, 1.54) is 7.11 Å². The highest BCUT2D eigenvalue weighted by Gasteiger charge is 2.21. The van der Waals surface area contributed by atoms with E-state index in [-0.39, 0.29) is 5.91 Å². The number of nitriles is 1. The number of methoxy groups -OCH3 is 1. The normalized spacial score (nSPS) is 11.3. The number of hydrogen-bond acceptors (Lipinski definition) is 4. The number of amides is 1. The van der Waals surface area contributed by atoms with Gasteiger partial charge in [-0.05, 0) is 38.8 Å². The molecular weight excluding hydrogens is 268 g/mol. The topological polar surface area (TPSA) is 79.2 Å². The van der Waals surface area contributed by atoms with Crippen LogP contribution < -0.4 is 5.32 Å². The second-order valence-electron chi connectivity index (χ2n) is 4.98. The SMILES string of the molecule is COC(=O)[C@@H](CCCC#N)NC(=O)c1cc(C)cc(C)c1. The molecule has 5 nitrogen and oxygen atoms in total. The zero-order valence-electron chi connectivity index (χ0n) is 12.6. The smallest absolute Gasteiger partial charge is 0.328 e. The first-order valence-corrected chi connectivity index (χ1v) is 6.82. The number of rotatable bonds is 6. The molecule has 0 spiro atoms. The maximum absolute atomic E-state index is 12.2. The molecule has 0 saturated heterocycles. The lowest BCUT2D eigenvalue weighted by Gasteiger charge is -2.16. The highest BCUT2D eigenvalue weighted by atomic mass is 16.5. The molecule has 21 heavy (non-hydrogen) atoms. The Labute approximate surface area is 124 Å². The van der Waals surface area contributed by atoms with Crippen molar-refractivity contribution >= 4 is 11.9 Å². The van der Waals surface area contributed by atoms with Crippen molar-refractivity contribution in [1.29, 1.82) is 5.26 Å². The predicted octanol–water partition coefficient (Wildman–Crippen LogP) is 2.27. The minimum atomic E-state index is -0.725. The molecule has 1 amide bonds. The predicted molar refractivity (Wildman–Crippen MR) is 78.7 cm³/mol. The van der Waals surface area contributed by atoms with Gasteiger partial charge in [-0.15, -0.1) is 0 Å². The summed E-state index contributed by atoms with van der Waals surface area (Å²) in [6.45, 7) is 3.82. The van der Waals surface area contributed by atoms with Gasteiger partial charge < -0.3 is 10.1 Å². The van der Waals surface area contributed by atoms with Gasteiger partial charge >= 0.3 is 5.97 Å². The van der Waals surface area contributed by atoms with Crippen molar-refractivity contribution in [3.63, 3.8) is 0 Å². The van der Waals surface area contributed by atoms with Crippen molar-refractivity contribution in [2.75, 3.05) is 7.11 Å². The number of nitrogens with one attached hydrogen (secondary N) is 1. The van der Waals surface area contributed by atoms with Gasteiger partial charge in [0.05, 0.1) is 13.2 Å². The van der Waals surface area contributed by atoms with Crippen LogP contribution in [0.5, 0.6) is 0 Å². The van der Waals surface area contributed by atoms with E-state index in [1.807, 2.05) is 26.0 Å². The highest BCUT2D eigenvalue weighted by molar-refractivity contribution is 5.97. The number of esters is 1. The lowest BCUT2D eigenvalue weighted by Crippen LogP contribution is -2.41. The van der Waals surface area contributed by atoms with Gasteiger partial charge in [0.2, 0.25) is 0 Å². The van der Waals surface area contributed by atoms with Gasteiger partial charge in [-0.25, -0.2) is 4.79 Å². The Bertz CT molecular complexity index is 541. The van der Waals surface area contributed by atoms with Crippen LogP contribution in [-0.2, 0) is 9.53 Å². The summed E-state index contributed by atoms with van der Waals surface area (Å²) < 4.78 is 4.69. The van der Waals surface area contributed by atoms with E-state index in [4.69, 9.17) is 10.00 Å². The first-order chi connectivity index (χ1) is 9.97. The average Bonchev–Trinajstić information content (AvgIpc) is 2.44. The minimum Gasteiger partial charge on any atom is -0.467 e. The lowest BCUT2D eigenvalue weighted by atomic mass is 10.1. The van der Waals surface area contributed by atoms with Crippen LogP contribution in [0.2, 0.25) is 0 Å². The van der Waals surface area contributed by atoms with E-state index in [2.05, 4.69) is 5.32 Å². The molecule has 1 atom stereocenters. The Kier molecular flexibility index (Phi) is 6.41. The zero-order chi connectivity index (χ0) is 15.8. The van der Waals surface area contributed by atoms with Crippen LogP contribution in [0.25, 0.3) is 0 Å². The Morgan fingerprint density at radius 1 is 1.29 bits per heavy atom. The summed E-state index contributed by atoms with van der Waals surface area (Å²) in [6.07, 6.45) is 1.26. The standard InChI is InChI=1S/C16H20N2O3/c1-11-8-12(2)10-13(9-11)15(19)18-14(16(20)21-3)6-4-5-7-17/h8-10,14H,4-6H2,1-3H3,(H,18,19)/t14-/m1/s1. The summed E-state index contributed by atoms with van der Waals surface area (Å²) in [5, 5.41) is 11.2. The van der Waals surface area contributed by atoms with Crippen molar-refractivity contribution in [3.8, 4) is 6.07 Å². The van der Waals surface area contributed by atoms with Crippen molar-refractivity contribution in [1.82, 2.24) is 5.32 Å². The van der Waals surface area contributed by atoms with Gasteiger partial charge in [-0.1, -0.05) is 17.2 Å². The average molecular weight is 288 g/mol. The van der Waals surface area contributed by atoms with Crippen LogP contribution in [0.4, 0.5) is 0 Å². The Morgan fingerprint density at radius 2 is 1.90 bits per heavy atom. The monoisotopic (exact) mass is 288 g/mol. The molecule has 0 bridgehead atoms. The van der Waals surface area contributed by atoms with Crippen LogP contribution in [0.3, 0.4) is 0 Å². The molecule has 0 aliphatic rings. The number of ether oxygens (including phenoxy) is 1. The molecule has 112 valence electrons. The molecule has 1 N–H and O–H groups in total. The van der Waals surface area contributed by atoms with Gasteiger partial charge in [0.25, 0.3) is 5.91 Å². The van der Waals surface area contributed by atoms with E-state index in [0.717, 1.165) is 11.1 Å². The molecule has 0 aliphatic heterocycles. The third-order valence-electron chi connectivity index (χ3n) is 3.06. The molecule has 1 aromatic rings. The minimum absolute atomic E-state index is 0.311. The summed E-state index contributed by atoms with van der Waals surface area (Å²) in [4.78, 5) is 23.9. The maximum Gasteiger partial charge on any atom is 0.328 e. The molecule has 0 unspecified atom stereocenters. The first-order valence-electron chi connectivity index (χ1n) is 6.82. The number of carbonyl (C=O) groups excluding carboxylic acids is 2. The molecule has 0 aromatic heterocycles. The van der Waals surface area contributed by atoms with E-state index in [0.29, 0.717) is 24.8 Å². The molecule has 0 radical (unpaired) electrons. The van der Waals surface area contributed by atoms with E-state index in [1.54, 1.807) is 12.1 Å². The number of nitrogens with zero attached hydrogens (tertiary/aromatic N) is 1. The third-order valence-corrected chi connectivity index (χ3v) is 3.06. The number of unbranched alkanes of at least 4 members (excludes halogenated alkanes) is 1. The van der Waals surface area contributed by atoms with Crippen LogP contribution in [-0.4, -0.2) is 25.0 Å². The third kappa shape index (κ3) is 5.27. The summed E-state index contributed by atoms with van der Waals surface area (Å²) in [7, 11) is 1.28. The zero-order valence-corrected chi connectivity index (χ0v) is 12.6. The maximum atomic E-state index is 12.2. The summed E-state index contributed by atoms with van der Waals surface area (Å²) >= 11 is 0. The number of hydrogen-bond donors (Lipinski definition) is 1. The quantitative estimate of drug-likeness (QED) is 0.643. The van der Waals surface area contributed by atoms with Crippen LogP contribution in [0.15, 0.2) is 18.2 Å². The summed E-state index contributed by atoms with van der Waals surface area (Å²) in [6, 6.07) is 6.80. The Morgan fingerprint density at radius 3 is 2.43 bits per heavy atom. The molecule has 5 heteroatoms. The second-order valence-corrected chi connectivity index (χ2v) is 4.98. The largest absolute Gasteiger partial charge is 0.467 e. The van der Waals surface area contributed by atoms with E-state index < -0.39 is 12.0 Å². The fourth-order valence-corrected chi connectivity index (χ4v) is 2.12. The number of benzene rings is 1. The van der Waals surface area contributed by atoms with E-state index >= 15 is 0 Å². The second kappa shape index (κ2) is 8.05. The summed E-state index contributed by atoms with van der Waals surface area (Å²) in [5.41, 5.74) is 2.49. The van der Waals surface area contributed by atoms with Gasteiger partial charge in [0.1, 0.15) is 6.04 Å². The van der Waals surface area contributed by atoms with Gasteiger partial charge in [-0.2, -0.15) is 5.26 Å². The summed E-state index contributed by atoms with van der Waals surface area (Å²) in [5.74, 6) is -0.806. The molecular formula is C16H20N2O3. The molecule has 0 fully saturated rings.